The molecule has 26 heavy (non-hydrogen) atoms. The van der Waals surface area contributed by atoms with Crippen molar-refractivity contribution in [1.82, 2.24) is 0 Å². The number of hydrogen-bond donors (Lipinski definition) is 0. The van der Waals surface area contributed by atoms with Crippen LogP contribution < -0.4 is 23.8 Å². The van der Waals surface area contributed by atoms with Crippen LogP contribution in [0, 0.1) is 0 Å². The Morgan fingerprint density at radius 2 is 1.58 bits per heavy atom. The third-order valence-electron chi connectivity index (χ3n) is 4.10. The zero-order chi connectivity index (χ0) is 17.7. The summed E-state index contributed by atoms with van der Waals surface area (Å²) in [6, 6.07) is 10.9. The van der Waals surface area contributed by atoms with E-state index < -0.39 is 0 Å². The van der Waals surface area contributed by atoms with Crippen LogP contribution in [0.4, 0.5) is 5.69 Å². The highest BCUT2D eigenvalue weighted by molar-refractivity contribution is 8.27. The van der Waals surface area contributed by atoms with Crippen LogP contribution in [0.5, 0.6) is 23.0 Å². The van der Waals surface area contributed by atoms with Crippen molar-refractivity contribution in [2.24, 2.45) is 0 Å². The number of anilines is 1. The first-order valence-corrected chi connectivity index (χ1v) is 8.99. The van der Waals surface area contributed by atoms with Crippen molar-refractivity contribution in [2.45, 2.75) is 0 Å². The van der Waals surface area contributed by atoms with Crippen LogP contribution in [-0.2, 0) is 4.79 Å². The molecule has 0 N–H and O–H groups in total. The van der Waals surface area contributed by atoms with Crippen molar-refractivity contribution in [2.75, 3.05) is 18.5 Å². The Labute approximate surface area is 158 Å². The highest BCUT2D eigenvalue weighted by Crippen LogP contribution is 2.41. The molecule has 3 heterocycles. The normalized spacial score (nSPS) is 18.9. The summed E-state index contributed by atoms with van der Waals surface area (Å²) in [5.41, 5.74) is 1.51. The van der Waals surface area contributed by atoms with E-state index in [0.717, 1.165) is 5.56 Å². The molecule has 1 saturated heterocycles. The van der Waals surface area contributed by atoms with Crippen LogP contribution in [0.2, 0.25) is 0 Å². The minimum absolute atomic E-state index is 0.170. The molecule has 0 aliphatic carbocycles. The lowest BCUT2D eigenvalue weighted by molar-refractivity contribution is -0.113. The molecule has 5 rings (SSSR count). The van der Waals surface area contributed by atoms with Crippen LogP contribution in [0.25, 0.3) is 6.08 Å². The number of rotatable bonds is 2. The fraction of sp³-hybridized carbons (Fsp3) is 0.111. The maximum atomic E-state index is 12.9. The number of nitrogens with zero attached hydrogens (tertiary/aromatic N) is 1. The standard InChI is InChI=1S/C18H11NO5S2/c20-17-16(6-10-1-3-12-14(5-10)23-8-21-12)26-18(25)19(17)11-2-4-13-15(7-11)24-9-22-13/h1-7H,8-9H2. The van der Waals surface area contributed by atoms with Crippen LogP contribution in [-0.4, -0.2) is 23.8 Å². The zero-order valence-corrected chi connectivity index (χ0v) is 14.9. The molecule has 0 atom stereocenters. The number of amides is 1. The quantitative estimate of drug-likeness (QED) is 0.579. The Balaban J connectivity index is 1.46. The number of carbonyl (C=O) groups excluding carboxylic acids is 1. The predicted molar refractivity (Wildman–Crippen MR) is 101 cm³/mol. The topological polar surface area (TPSA) is 57.2 Å². The fourth-order valence-electron chi connectivity index (χ4n) is 2.87. The first-order chi connectivity index (χ1) is 12.7. The van der Waals surface area contributed by atoms with E-state index in [4.69, 9.17) is 31.2 Å². The minimum Gasteiger partial charge on any atom is -0.454 e. The van der Waals surface area contributed by atoms with Crippen LogP contribution in [0.1, 0.15) is 5.56 Å². The molecule has 0 saturated carbocycles. The van der Waals surface area contributed by atoms with Gasteiger partial charge in [0.25, 0.3) is 5.91 Å². The van der Waals surface area contributed by atoms with Gasteiger partial charge in [-0.05, 0) is 35.9 Å². The van der Waals surface area contributed by atoms with Crippen molar-refractivity contribution >= 4 is 46.0 Å². The second-order valence-electron chi connectivity index (χ2n) is 5.67. The summed E-state index contributed by atoms with van der Waals surface area (Å²) in [6.45, 7) is 0.395. The SMILES string of the molecule is O=C1C(=Cc2ccc3c(c2)OCO3)SC(=S)N1c1ccc2c(c1)OCO2. The highest BCUT2D eigenvalue weighted by Gasteiger charge is 2.34. The van der Waals surface area contributed by atoms with Crippen molar-refractivity contribution in [3.63, 3.8) is 0 Å². The first-order valence-electron chi connectivity index (χ1n) is 7.76. The van der Waals surface area contributed by atoms with Crippen LogP contribution >= 0.6 is 24.0 Å². The monoisotopic (exact) mass is 385 g/mol. The molecular formula is C18H11NO5S2. The van der Waals surface area contributed by atoms with Gasteiger partial charge in [-0.15, -0.1) is 0 Å². The van der Waals surface area contributed by atoms with Gasteiger partial charge in [0, 0.05) is 6.07 Å². The number of thiocarbonyl (C=S) groups is 1. The van der Waals surface area contributed by atoms with Gasteiger partial charge in [-0.3, -0.25) is 9.69 Å². The van der Waals surface area contributed by atoms with E-state index >= 15 is 0 Å². The number of fused-ring (bicyclic) bond motifs is 2. The highest BCUT2D eigenvalue weighted by atomic mass is 32.2. The van der Waals surface area contributed by atoms with E-state index in [9.17, 15) is 4.79 Å². The lowest BCUT2D eigenvalue weighted by Gasteiger charge is -2.14. The summed E-state index contributed by atoms with van der Waals surface area (Å²) >= 11 is 6.67. The maximum Gasteiger partial charge on any atom is 0.270 e. The van der Waals surface area contributed by atoms with Gasteiger partial charge in [0.05, 0.1) is 10.6 Å². The Hall–Kier alpha value is -2.71. The Bertz CT molecular complexity index is 988. The molecule has 2 aromatic carbocycles. The molecule has 0 bridgehead atoms. The summed E-state index contributed by atoms with van der Waals surface area (Å²) < 4.78 is 21.9. The van der Waals surface area contributed by atoms with Gasteiger partial charge >= 0.3 is 0 Å². The third-order valence-corrected chi connectivity index (χ3v) is 5.40. The van der Waals surface area contributed by atoms with E-state index in [2.05, 4.69) is 0 Å². The van der Waals surface area contributed by atoms with E-state index in [1.807, 2.05) is 18.2 Å². The van der Waals surface area contributed by atoms with Crippen LogP contribution in [0.3, 0.4) is 0 Å². The Kier molecular flexibility index (Phi) is 3.54. The largest absolute Gasteiger partial charge is 0.454 e. The van der Waals surface area contributed by atoms with Gasteiger partial charge in [0.1, 0.15) is 0 Å². The summed E-state index contributed by atoms with van der Waals surface area (Å²) in [5, 5.41) is 0. The van der Waals surface area contributed by atoms with Crippen molar-refractivity contribution in [1.29, 1.82) is 0 Å². The lowest BCUT2D eigenvalue weighted by Crippen LogP contribution is -2.27. The number of thioether (sulfide) groups is 1. The molecule has 6 nitrogen and oxygen atoms in total. The molecule has 0 spiro atoms. The first kappa shape index (κ1) is 15.5. The molecule has 2 aromatic rings. The number of benzene rings is 2. The predicted octanol–water partition coefficient (Wildman–Crippen LogP) is 3.55. The summed E-state index contributed by atoms with van der Waals surface area (Å²) in [4.78, 5) is 14.9. The van der Waals surface area contributed by atoms with E-state index in [1.54, 1.807) is 24.3 Å². The minimum atomic E-state index is -0.170. The molecule has 8 heteroatoms. The molecule has 0 radical (unpaired) electrons. The molecule has 3 aliphatic rings. The molecule has 130 valence electrons. The molecule has 3 aliphatic heterocycles. The number of hydrogen-bond acceptors (Lipinski definition) is 7. The average molecular weight is 385 g/mol. The van der Waals surface area contributed by atoms with E-state index in [0.29, 0.717) is 37.9 Å². The molecular weight excluding hydrogens is 374 g/mol. The molecule has 0 aromatic heterocycles. The summed E-state index contributed by atoms with van der Waals surface area (Å²) in [7, 11) is 0. The maximum absolute atomic E-state index is 12.9. The number of ether oxygens (including phenoxy) is 4. The van der Waals surface area contributed by atoms with Gasteiger partial charge < -0.3 is 18.9 Å². The van der Waals surface area contributed by atoms with Crippen LogP contribution in [0.15, 0.2) is 41.3 Å². The molecule has 1 amide bonds. The lowest BCUT2D eigenvalue weighted by atomic mass is 10.2. The van der Waals surface area contributed by atoms with Gasteiger partial charge in [-0.1, -0.05) is 30.0 Å². The smallest absolute Gasteiger partial charge is 0.270 e. The van der Waals surface area contributed by atoms with Crippen molar-refractivity contribution in [3.05, 3.63) is 46.9 Å². The third kappa shape index (κ3) is 2.49. The second kappa shape index (κ2) is 5.93. The van der Waals surface area contributed by atoms with E-state index in [1.165, 1.54) is 16.7 Å². The second-order valence-corrected chi connectivity index (χ2v) is 7.34. The van der Waals surface area contributed by atoms with Gasteiger partial charge in [0.15, 0.2) is 27.3 Å². The molecule has 0 unspecified atom stereocenters. The number of carbonyl (C=O) groups is 1. The van der Waals surface area contributed by atoms with E-state index in [-0.39, 0.29) is 19.5 Å². The molecule has 1 fully saturated rings. The Morgan fingerprint density at radius 3 is 2.35 bits per heavy atom. The zero-order valence-electron chi connectivity index (χ0n) is 13.3. The Morgan fingerprint density at radius 1 is 0.923 bits per heavy atom. The van der Waals surface area contributed by atoms with Gasteiger partial charge in [0.2, 0.25) is 13.6 Å². The fourth-order valence-corrected chi connectivity index (χ4v) is 4.17. The van der Waals surface area contributed by atoms with Gasteiger partial charge in [-0.25, -0.2) is 0 Å². The van der Waals surface area contributed by atoms with Crippen molar-refractivity contribution < 1.29 is 23.7 Å². The summed E-state index contributed by atoms with van der Waals surface area (Å²) in [5.74, 6) is 2.47. The van der Waals surface area contributed by atoms with Gasteiger partial charge in [-0.2, -0.15) is 0 Å². The van der Waals surface area contributed by atoms with Crippen molar-refractivity contribution in [3.8, 4) is 23.0 Å². The average Bonchev–Trinajstić information content (AvgIpc) is 3.34. The summed E-state index contributed by atoms with van der Waals surface area (Å²) in [6.07, 6.45) is 1.80.